The number of hydrogen-bond acceptors (Lipinski definition) is 5. The van der Waals surface area contributed by atoms with Crippen molar-refractivity contribution in [3.63, 3.8) is 0 Å². The number of benzene rings is 4. The minimum absolute atomic E-state index is 0.325. The first-order valence-electron chi connectivity index (χ1n) is 13.5. The minimum Gasteiger partial charge on any atom is -0.493 e. The molecule has 7 heteroatoms. The van der Waals surface area contributed by atoms with Crippen molar-refractivity contribution < 1.29 is 17.9 Å². The molecule has 0 amide bonds. The van der Waals surface area contributed by atoms with E-state index in [9.17, 15) is 8.42 Å². The zero-order valence-electron chi connectivity index (χ0n) is 23.3. The van der Waals surface area contributed by atoms with Crippen LogP contribution in [-0.2, 0) is 23.1 Å². The lowest BCUT2D eigenvalue weighted by Crippen LogP contribution is -2.23. The molecule has 0 spiro atoms. The molecule has 0 heterocycles. The number of rotatable bonds is 12. The molecule has 1 saturated carbocycles. The van der Waals surface area contributed by atoms with Crippen LogP contribution in [0.4, 0.5) is 11.4 Å². The van der Waals surface area contributed by atoms with Crippen LogP contribution in [0.1, 0.15) is 36.5 Å². The molecule has 4 aromatic rings. The topological polar surface area (TPSA) is 67.9 Å². The Kier molecular flexibility index (Phi) is 8.03. The molecular formula is C33H36N2O4S. The maximum absolute atomic E-state index is 11.9. The van der Waals surface area contributed by atoms with Gasteiger partial charge >= 0.3 is 0 Å². The predicted octanol–water partition coefficient (Wildman–Crippen LogP) is 7.54. The van der Waals surface area contributed by atoms with Gasteiger partial charge in [-0.1, -0.05) is 61.5 Å². The van der Waals surface area contributed by atoms with Crippen molar-refractivity contribution in [1.29, 1.82) is 0 Å². The van der Waals surface area contributed by atoms with E-state index in [1.54, 1.807) is 6.07 Å². The average Bonchev–Trinajstić information content (AvgIpc) is 3.67. The van der Waals surface area contributed by atoms with Gasteiger partial charge in [0.15, 0.2) is 0 Å². The van der Waals surface area contributed by atoms with E-state index in [4.69, 9.17) is 9.47 Å². The third kappa shape index (κ3) is 7.57. The maximum atomic E-state index is 11.9. The van der Waals surface area contributed by atoms with Gasteiger partial charge in [0.05, 0.1) is 18.6 Å². The lowest BCUT2D eigenvalue weighted by Gasteiger charge is -2.28. The van der Waals surface area contributed by atoms with Crippen LogP contribution < -0.4 is 19.1 Å². The Morgan fingerprint density at radius 2 is 1.45 bits per heavy atom. The normalized spacial score (nSPS) is 13.9. The molecule has 4 aromatic carbocycles. The number of nitrogens with one attached hydrogen (secondary N) is 1. The molecule has 6 nitrogen and oxygen atoms in total. The van der Waals surface area contributed by atoms with Gasteiger partial charge in [-0.25, -0.2) is 8.42 Å². The van der Waals surface area contributed by atoms with Crippen molar-refractivity contribution in [2.45, 2.75) is 39.8 Å². The molecule has 208 valence electrons. The Bertz CT molecular complexity index is 1550. The molecule has 1 fully saturated rings. The number of sulfonamides is 1. The van der Waals surface area contributed by atoms with Gasteiger partial charge in [-0.05, 0) is 72.9 Å². The fourth-order valence-corrected chi connectivity index (χ4v) is 5.19. The van der Waals surface area contributed by atoms with Crippen molar-refractivity contribution in [2.75, 3.05) is 22.5 Å². The molecule has 0 aliphatic heterocycles. The molecule has 0 saturated heterocycles. The molecule has 1 N–H and O–H groups in total. The molecule has 0 bridgehead atoms. The van der Waals surface area contributed by atoms with Crippen LogP contribution in [0.5, 0.6) is 17.2 Å². The summed E-state index contributed by atoms with van der Waals surface area (Å²) in [5, 5.41) is 0. The Balaban J connectivity index is 1.32. The van der Waals surface area contributed by atoms with Crippen molar-refractivity contribution in [3.05, 3.63) is 114 Å². The molecule has 0 radical (unpaired) electrons. The predicted molar refractivity (Wildman–Crippen MR) is 162 cm³/mol. The van der Waals surface area contributed by atoms with E-state index >= 15 is 0 Å². The van der Waals surface area contributed by atoms with Crippen molar-refractivity contribution in [1.82, 2.24) is 0 Å². The van der Waals surface area contributed by atoms with E-state index in [0.717, 1.165) is 40.7 Å². The summed E-state index contributed by atoms with van der Waals surface area (Å²) in [6, 6.07) is 31.8. The summed E-state index contributed by atoms with van der Waals surface area (Å²) in [5.41, 5.74) is 5.03. The third-order valence-electron chi connectivity index (χ3n) is 7.19. The highest BCUT2D eigenvalue weighted by molar-refractivity contribution is 7.92. The summed E-state index contributed by atoms with van der Waals surface area (Å²) in [6.45, 7) is 6.24. The van der Waals surface area contributed by atoms with E-state index in [1.165, 1.54) is 24.7 Å². The lowest BCUT2D eigenvalue weighted by molar-refractivity contribution is 0.246. The Labute approximate surface area is 237 Å². The standard InChI is InChI=1S/C33H36N2O4S/c1-25-31(34-40(3,36)37)13-8-14-32(25)35(22-26-9-5-4-6-10-26)23-27-15-17-28(18-16-27)39-30-12-7-11-29(21-30)38-24-33(2)19-20-33/h4-18,21,34H,19-20,22-24H2,1-3H3. The fraction of sp³-hybridized carbons (Fsp3) is 0.273. The quantitative estimate of drug-likeness (QED) is 0.195. The van der Waals surface area contributed by atoms with E-state index in [-0.39, 0.29) is 0 Å². The first-order valence-corrected chi connectivity index (χ1v) is 15.4. The molecule has 1 aliphatic rings. The van der Waals surface area contributed by atoms with Gasteiger partial charge in [0.25, 0.3) is 0 Å². The van der Waals surface area contributed by atoms with Crippen molar-refractivity contribution >= 4 is 21.4 Å². The maximum Gasteiger partial charge on any atom is 0.229 e. The molecule has 5 rings (SSSR count). The zero-order chi connectivity index (χ0) is 28.2. The summed E-state index contributed by atoms with van der Waals surface area (Å²) >= 11 is 0. The van der Waals surface area contributed by atoms with Crippen LogP contribution in [0.15, 0.2) is 97.1 Å². The van der Waals surface area contributed by atoms with Crippen LogP contribution >= 0.6 is 0 Å². The molecule has 0 aromatic heterocycles. The Morgan fingerprint density at radius 1 is 0.800 bits per heavy atom. The summed E-state index contributed by atoms with van der Waals surface area (Å²) in [5.74, 6) is 2.31. The van der Waals surface area contributed by atoms with Gasteiger partial charge in [0.1, 0.15) is 17.2 Å². The van der Waals surface area contributed by atoms with Gasteiger partial charge in [-0.15, -0.1) is 0 Å². The smallest absolute Gasteiger partial charge is 0.229 e. The third-order valence-corrected chi connectivity index (χ3v) is 7.78. The van der Waals surface area contributed by atoms with Gasteiger partial charge in [0, 0.05) is 30.3 Å². The highest BCUT2D eigenvalue weighted by Crippen LogP contribution is 2.45. The van der Waals surface area contributed by atoms with Crippen LogP contribution in [-0.4, -0.2) is 21.3 Å². The second kappa shape index (κ2) is 11.6. The zero-order valence-corrected chi connectivity index (χ0v) is 24.1. The van der Waals surface area contributed by atoms with Crippen LogP contribution in [0.2, 0.25) is 0 Å². The van der Waals surface area contributed by atoms with Crippen LogP contribution in [0.3, 0.4) is 0 Å². The highest BCUT2D eigenvalue weighted by atomic mass is 32.2. The monoisotopic (exact) mass is 556 g/mol. The van der Waals surface area contributed by atoms with Crippen LogP contribution in [0, 0.1) is 12.3 Å². The Morgan fingerprint density at radius 3 is 2.12 bits per heavy atom. The average molecular weight is 557 g/mol. The van der Waals surface area contributed by atoms with E-state index in [0.29, 0.717) is 24.2 Å². The van der Waals surface area contributed by atoms with Crippen molar-refractivity contribution in [3.8, 4) is 17.2 Å². The summed E-state index contributed by atoms with van der Waals surface area (Å²) in [4.78, 5) is 2.26. The number of hydrogen-bond donors (Lipinski definition) is 1. The molecule has 0 unspecified atom stereocenters. The molecule has 40 heavy (non-hydrogen) atoms. The van der Waals surface area contributed by atoms with E-state index in [2.05, 4.69) is 40.8 Å². The highest BCUT2D eigenvalue weighted by Gasteiger charge is 2.38. The second-order valence-corrected chi connectivity index (χ2v) is 12.7. The van der Waals surface area contributed by atoms with Gasteiger partial charge < -0.3 is 14.4 Å². The largest absolute Gasteiger partial charge is 0.493 e. The Hall–Kier alpha value is -3.97. The number of nitrogens with zero attached hydrogens (tertiary/aromatic N) is 1. The number of anilines is 2. The van der Waals surface area contributed by atoms with Gasteiger partial charge in [-0.2, -0.15) is 0 Å². The molecule has 0 atom stereocenters. The van der Waals surface area contributed by atoms with Gasteiger partial charge in [0.2, 0.25) is 10.0 Å². The number of ether oxygens (including phenoxy) is 2. The first kappa shape index (κ1) is 27.6. The second-order valence-electron chi connectivity index (χ2n) is 11.0. The van der Waals surface area contributed by atoms with Gasteiger partial charge in [-0.3, -0.25) is 4.72 Å². The fourth-order valence-electron chi connectivity index (χ4n) is 4.57. The molecule has 1 aliphatic carbocycles. The summed E-state index contributed by atoms with van der Waals surface area (Å²) in [6.07, 6.45) is 3.61. The lowest BCUT2D eigenvalue weighted by atomic mass is 10.1. The molecular weight excluding hydrogens is 520 g/mol. The first-order chi connectivity index (χ1) is 19.2. The minimum atomic E-state index is -3.39. The van der Waals surface area contributed by atoms with Crippen LogP contribution in [0.25, 0.3) is 0 Å². The summed E-state index contributed by atoms with van der Waals surface area (Å²) < 4.78 is 38.6. The van der Waals surface area contributed by atoms with E-state index in [1.807, 2.05) is 73.7 Å². The van der Waals surface area contributed by atoms with Crippen molar-refractivity contribution in [2.24, 2.45) is 5.41 Å². The van der Waals surface area contributed by atoms with E-state index < -0.39 is 10.0 Å². The SMILES string of the molecule is Cc1c(NS(C)(=O)=O)cccc1N(Cc1ccccc1)Cc1ccc(Oc2cccc(OCC3(C)CC3)c2)cc1. The summed E-state index contributed by atoms with van der Waals surface area (Å²) in [7, 11) is -3.39.